The van der Waals surface area contributed by atoms with Crippen molar-refractivity contribution in [2.24, 2.45) is 0 Å². The predicted octanol–water partition coefficient (Wildman–Crippen LogP) is 4.97. The molecule has 0 N–H and O–H groups in total. The van der Waals surface area contributed by atoms with Crippen molar-refractivity contribution < 1.29 is 9.53 Å². The zero-order valence-corrected chi connectivity index (χ0v) is 15.7. The molecule has 1 amide bonds. The summed E-state index contributed by atoms with van der Waals surface area (Å²) in [6.45, 7) is 4.02. The molecule has 1 heterocycles. The van der Waals surface area contributed by atoms with Gasteiger partial charge in [0.25, 0.3) is 5.91 Å². The number of rotatable bonds is 5. The second-order valence-electron chi connectivity index (χ2n) is 4.73. The average Bonchev–Trinajstić information content (AvgIpc) is 2.54. The monoisotopic (exact) mass is 416 g/mol. The van der Waals surface area contributed by atoms with Crippen LogP contribution in [0.1, 0.15) is 13.8 Å². The Morgan fingerprint density at radius 3 is 2.70 bits per heavy atom. The topological polar surface area (TPSA) is 42.4 Å². The smallest absolute Gasteiger partial charge is 0.268 e. The number of amides is 1. The van der Waals surface area contributed by atoms with Crippen LogP contribution in [0.4, 0.5) is 5.82 Å². The van der Waals surface area contributed by atoms with E-state index < -0.39 is 6.10 Å². The molecule has 0 aliphatic rings. The van der Waals surface area contributed by atoms with Crippen molar-refractivity contribution in [3.8, 4) is 5.75 Å². The van der Waals surface area contributed by atoms with E-state index in [0.717, 1.165) is 4.47 Å². The molecule has 2 aromatic rings. The summed E-state index contributed by atoms with van der Waals surface area (Å²) in [4.78, 5) is 18.4. The van der Waals surface area contributed by atoms with Crippen LogP contribution >= 0.6 is 39.1 Å². The maximum Gasteiger partial charge on any atom is 0.268 e. The standard InChI is InChI=1S/C16H15BrCl2N2O2/c1-3-21(14-8-7-11(17)9-20-14)16(22)10(2)23-13-6-4-5-12(18)15(13)19/h4-10H,3H2,1-2H3. The van der Waals surface area contributed by atoms with Crippen molar-refractivity contribution in [2.45, 2.75) is 20.0 Å². The van der Waals surface area contributed by atoms with Crippen LogP contribution in [0, 0.1) is 0 Å². The molecule has 0 spiro atoms. The number of anilines is 1. The Morgan fingerprint density at radius 1 is 1.35 bits per heavy atom. The van der Waals surface area contributed by atoms with E-state index in [4.69, 9.17) is 27.9 Å². The van der Waals surface area contributed by atoms with Crippen LogP contribution in [0.2, 0.25) is 10.0 Å². The van der Waals surface area contributed by atoms with Crippen molar-refractivity contribution in [1.82, 2.24) is 4.98 Å². The molecule has 1 aromatic heterocycles. The van der Waals surface area contributed by atoms with Crippen LogP contribution in [0.3, 0.4) is 0 Å². The largest absolute Gasteiger partial charge is 0.479 e. The highest BCUT2D eigenvalue weighted by Crippen LogP contribution is 2.32. The molecule has 23 heavy (non-hydrogen) atoms. The number of ether oxygens (including phenoxy) is 1. The summed E-state index contributed by atoms with van der Waals surface area (Å²) in [6, 6.07) is 8.65. The summed E-state index contributed by atoms with van der Waals surface area (Å²) >= 11 is 15.4. The summed E-state index contributed by atoms with van der Waals surface area (Å²) in [5.74, 6) is 0.728. The van der Waals surface area contributed by atoms with E-state index in [1.807, 2.05) is 13.0 Å². The number of aromatic nitrogens is 1. The summed E-state index contributed by atoms with van der Waals surface area (Å²) < 4.78 is 6.52. The molecule has 0 radical (unpaired) electrons. The average molecular weight is 418 g/mol. The van der Waals surface area contributed by atoms with Crippen LogP contribution in [0.15, 0.2) is 41.0 Å². The number of likely N-dealkylation sites (N-methyl/N-ethyl adjacent to an activating group) is 1. The molecule has 0 aliphatic carbocycles. The minimum atomic E-state index is -0.726. The normalized spacial score (nSPS) is 11.9. The highest BCUT2D eigenvalue weighted by molar-refractivity contribution is 9.10. The van der Waals surface area contributed by atoms with Gasteiger partial charge in [-0.05, 0) is 54.0 Å². The molecule has 1 unspecified atom stereocenters. The summed E-state index contributed by atoms with van der Waals surface area (Å²) in [5.41, 5.74) is 0. The third kappa shape index (κ3) is 4.37. The van der Waals surface area contributed by atoms with Crippen LogP contribution in [-0.2, 0) is 4.79 Å². The lowest BCUT2D eigenvalue weighted by Crippen LogP contribution is -2.41. The van der Waals surface area contributed by atoms with Gasteiger partial charge >= 0.3 is 0 Å². The molecular weight excluding hydrogens is 403 g/mol. The van der Waals surface area contributed by atoms with E-state index >= 15 is 0 Å². The Balaban J connectivity index is 2.17. The molecule has 0 saturated carbocycles. The van der Waals surface area contributed by atoms with Gasteiger partial charge in [-0.1, -0.05) is 29.3 Å². The molecule has 4 nitrogen and oxygen atoms in total. The van der Waals surface area contributed by atoms with Crippen molar-refractivity contribution in [3.05, 3.63) is 51.0 Å². The maximum atomic E-state index is 12.6. The molecule has 1 aromatic carbocycles. The van der Waals surface area contributed by atoms with Crippen LogP contribution in [0.5, 0.6) is 5.75 Å². The number of benzene rings is 1. The Kier molecular flexibility index (Phi) is 6.27. The van der Waals surface area contributed by atoms with E-state index in [9.17, 15) is 4.79 Å². The number of carbonyl (C=O) groups is 1. The highest BCUT2D eigenvalue weighted by atomic mass is 79.9. The van der Waals surface area contributed by atoms with Crippen molar-refractivity contribution >= 4 is 50.9 Å². The van der Waals surface area contributed by atoms with Crippen molar-refractivity contribution in [1.29, 1.82) is 0 Å². The second kappa shape index (κ2) is 7.99. The molecule has 122 valence electrons. The van der Waals surface area contributed by atoms with Gasteiger partial charge < -0.3 is 4.74 Å². The second-order valence-corrected chi connectivity index (χ2v) is 6.43. The third-order valence-corrected chi connectivity index (χ3v) is 4.41. The van der Waals surface area contributed by atoms with Gasteiger partial charge in [0.05, 0.1) is 5.02 Å². The number of pyridine rings is 1. The van der Waals surface area contributed by atoms with Crippen molar-refractivity contribution in [3.63, 3.8) is 0 Å². The lowest BCUT2D eigenvalue weighted by atomic mass is 10.3. The highest BCUT2D eigenvalue weighted by Gasteiger charge is 2.24. The number of carbonyl (C=O) groups excluding carboxylic acids is 1. The first-order valence-electron chi connectivity index (χ1n) is 6.97. The van der Waals surface area contributed by atoms with Gasteiger partial charge in [-0.15, -0.1) is 0 Å². The molecular formula is C16H15BrCl2N2O2. The van der Waals surface area contributed by atoms with Crippen LogP contribution in [-0.4, -0.2) is 23.5 Å². The van der Waals surface area contributed by atoms with E-state index in [1.165, 1.54) is 0 Å². The summed E-state index contributed by atoms with van der Waals surface area (Å²) in [5, 5.41) is 0.671. The Bertz CT molecular complexity index is 695. The first kappa shape index (κ1) is 18.0. The zero-order valence-electron chi connectivity index (χ0n) is 12.6. The van der Waals surface area contributed by atoms with Gasteiger partial charge in [0.2, 0.25) is 0 Å². The molecule has 0 fully saturated rings. The van der Waals surface area contributed by atoms with E-state index in [-0.39, 0.29) is 5.91 Å². The van der Waals surface area contributed by atoms with Crippen molar-refractivity contribution in [2.75, 3.05) is 11.4 Å². The first-order valence-corrected chi connectivity index (χ1v) is 8.52. The van der Waals surface area contributed by atoms with Gasteiger partial charge in [-0.2, -0.15) is 0 Å². The Morgan fingerprint density at radius 2 is 2.09 bits per heavy atom. The molecule has 2 rings (SSSR count). The van der Waals surface area contributed by atoms with Crippen LogP contribution in [0.25, 0.3) is 0 Å². The number of nitrogens with zero attached hydrogens (tertiary/aromatic N) is 2. The molecule has 0 saturated heterocycles. The van der Waals surface area contributed by atoms with Gasteiger partial charge in [0, 0.05) is 17.2 Å². The Hall–Kier alpha value is -1.30. The van der Waals surface area contributed by atoms with Gasteiger partial charge in [0.1, 0.15) is 16.6 Å². The summed E-state index contributed by atoms with van der Waals surface area (Å²) in [7, 11) is 0. The third-order valence-electron chi connectivity index (χ3n) is 3.14. The van der Waals surface area contributed by atoms with Gasteiger partial charge in [0.15, 0.2) is 6.10 Å². The first-order chi connectivity index (χ1) is 10.9. The Labute approximate surface area is 153 Å². The minimum absolute atomic E-state index is 0.210. The number of hydrogen-bond acceptors (Lipinski definition) is 3. The van der Waals surface area contributed by atoms with Gasteiger partial charge in [-0.25, -0.2) is 4.98 Å². The van der Waals surface area contributed by atoms with E-state index in [0.29, 0.717) is 28.2 Å². The van der Waals surface area contributed by atoms with Gasteiger partial charge in [-0.3, -0.25) is 9.69 Å². The minimum Gasteiger partial charge on any atom is -0.479 e. The SMILES string of the molecule is CCN(C(=O)C(C)Oc1cccc(Cl)c1Cl)c1ccc(Br)cn1. The number of hydrogen-bond donors (Lipinski definition) is 0. The molecule has 0 aliphatic heterocycles. The zero-order chi connectivity index (χ0) is 17.0. The lowest BCUT2D eigenvalue weighted by molar-refractivity contribution is -0.124. The maximum absolute atomic E-state index is 12.6. The number of halogens is 3. The molecule has 7 heteroatoms. The fourth-order valence-electron chi connectivity index (χ4n) is 1.99. The fourth-order valence-corrected chi connectivity index (χ4v) is 2.56. The van der Waals surface area contributed by atoms with E-state index in [2.05, 4.69) is 20.9 Å². The lowest BCUT2D eigenvalue weighted by Gasteiger charge is -2.24. The molecule has 1 atom stereocenters. The summed E-state index contributed by atoms with van der Waals surface area (Å²) in [6.07, 6.45) is 0.918. The van der Waals surface area contributed by atoms with Crippen LogP contribution < -0.4 is 9.64 Å². The quantitative estimate of drug-likeness (QED) is 0.689. The molecule has 0 bridgehead atoms. The predicted molar refractivity (Wildman–Crippen MR) is 96.5 cm³/mol. The van der Waals surface area contributed by atoms with E-state index in [1.54, 1.807) is 42.3 Å². The fraction of sp³-hybridized carbons (Fsp3) is 0.250.